The van der Waals surface area contributed by atoms with Gasteiger partial charge in [0.2, 0.25) is 10.0 Å². The molecular formula is C18H25FN4O2S. The number of hydrogen-bond donors (Lipinski definition) is 2. The van der Waals surface area contributed by atoms with Crippen molar-refractivity contribution >= 4 is 15.8 Å². The van der Waals surface area contributed by atoms with Gasteiger partial charge in [-0.3, -0.25) is 0 Å². The van der Waals surface area contributed by atoms with Gasteiger partial charge in [0.05, 0.1) is 5.75 Å². The molecule has 0 bridgehead atoms. The van der Waals surface area contributed by atoms with E-state index in [4.69, 9.17) is 0 Å². The van der Waals surface area contributed by atoms with E-state index in [1.54, 1.807) is 31.3 Å². The Morgan fingerprint density at radius 2 is 1.92 bits per heavy atom. The quantitative estimate of drug-likeness (QED) is 0.774. The van der Waals surface area contributed by atoms with Crippen LogP contribution in [0.1, 0.15) is 32.6 Å². The second kappa shape index (κ2) is 8.18. The Labute approximate surface area is 153 Å². The van der Waals surface area contributed by atoms with E-state index >= 15 is 0 Å². The Kier molecular flexibility index (Phi) is 5.93. The SMILES string of the molecule is CCS(=O)(=O)NC1CCC(CNc2ccn(-c3ccccc3F)n2)CC1. The molecule has 0 saturated heterocycles. The van der Waals surface area contributed by atoms with Crippen LogP contribution in [0.3, 0.4) is 0 Å². The number of sulfonamides is 1. The Balaban J connectivity index is 1.48. The lowest BCUT2D eigenvalue weighted by molar-refractivity contribution is 0.324. The first-order chi connectivity index (χ1) is 12.5. The van der Waals surface area contributed by atoms with Gasteiger partial charge >= 0.3 is 0 Å². The average Bonchev–Trinajstić information content (AvgIpc) is 3.10. The predicted molar refractivity (Wildman–Crippen MR) is 100 cm³/mol. The van der Waals surface area contributed by atoms with Crippen molar-refractivity contribution in [1.82, 2.24) is 14.5 Å². The number of halogens is 1. The van der Waals surface area contributed by atoms with E-state index in [0.29, 0.717) is 17.4 Å². The third kappa shape index (κ3) is 4.82. The van der Waals surface area contributed by atoms with Crippen LogP contribution < -0.4 is 10.0 Å². The maximum Gasteiger partial charge on any atom is 0.211 e. The van der Waals surface area contributed by atoms with Gasteiger partial charge in [-0.25, -0.2) is 22.2 Å². The molecule has 1 aliphatic rings. The van der Waals surface area contributed by atoms with Crippen LogP contribution in [-0.2, 0) is 10.0 Å². The second-order valence-electron chi connectivity index (χ2n) is 6.72. The molecule has 6 nitrogen and oxygen atoms in total. The van der Waals surface area contributed by atoms with Crippen LogP contribution in [0, 0.1) is 11.7 Å². The highest BCUT2D eigenvalue weighted by Gasteiger charge is 2.24. The molecule has 3 rings (SSSR count). The lowest BCUT2D eigenvalue weighted by Gasteiger charge is -2.28. The van der Waals surface area contributed by atoms with Crippen LogP contribution >= 0.6 is 0 Å². The lowest BCUT2D eigenvalue weighted by atomic mass is 9.86. The van der Waals surface area contributed by atoms with Gasteiger partial charge < -0.3 is 5.32 Å². The van der Waals surface area contributed by atoms with Crippen molar-refractivity contribution in [2.24, 2.45) is 5.92 Å². The molecule has 1 saturated carbocycles. The molecule has 0 amide bonds. The predicted octanol–water partition coefficient (Wildman–Crippen LogP) is 2.92. The number of para-hydroxylation sites is 1. The summed E-state index contributed by atoms with van der Waals surface area (Å²) in [4.78, 5) is 0. The van der Waals surface area contributed by atoms with E-state index in [1.807, 2.05) is 6.07 Å². The number of benzene rings is 1. The molecule has 1 heterocycles. The molecule has 1 fully saturated rings. The fourth-order valence-corrected chi connectivity index (χ4v) is 4.17. The van der Waals surface area contributed by atoms with Gasteiger partial charge in [-0.05, 0) is 50.7 Å². The summed E-state index contributed by atoms with van der Waals surface area (Å²) in [5.74, 6) is 1.01. The summed E-state index contributed by atoms with van der Waals surface area (Å²) in [5, 5.41) is 7.68. The zero-order valence-corrected chi connectivity index (χ0v) is 15.7. The van der Waals surface area contributed by atoms with Crippen LogP contribution in [0.5, 0.6) is 0 Å². The molecule has 1 aromatic carbocycles. The molecule has 26 heavy (non-hydrogen) atoms. The Bertz CT molecular complexity index is 829. The van der Waals surface area contributed by atoms with Crippen molar-refractivity contribution in [3.8, 4) is 5.69 Å². The van der Waals surface area contributed by atoms with Gasteiger partial charge in [0, 0.05) is 24.8 Å². The largest absolute Gasteiger partial charge is 0.368 e. The van der Waals surface area contributed by atoms with Gasteiger partial charge in [0.1, 0.15) is 17.3 Å². The molecule has 8 heteroatoms. The summed E-state index contributed by atoms with van der Waals surface area (Å²) in [5.41, 5.74) is 0.421. The Morgan fingerprint density at radius 3 is 2.62 bits per heavy atom. The van der Waals surface area contributed by atoms with Crippen molar-refractivity contribution in [3.63, 3.8) is 0 Å². The van der Waals surface area contributed by atoms with Crippen molar-refractivity contribution in [2.45, 2.75) is 38.6 Å². The fourth-order valence-electron chi connectivity index (χ4n) is 3.26. The molecule has 0 atom stereocenters. The van der Waals surface area contributed by atoms with E-state index in [-0.39, 0.29) is 17.6 Å². The summed E-state index contributed by atoms with van der Waals surface area (Å²) in [7, 11) is -3.13. The summed E-state index contributed by atoms with van der Waals surface area (Å²) < 4.78 is 41.4. The van der Waals surface area contributed by atoms with Gasteiger partial charge in [-0.1, -0.05) is 12.1 Å². The third-order valence-electron chi connectivity index (χ3n) is 4.83. The highest BCUT2D eigenvalue weighted by molar-refractivity contribution is 7.89. The lowest BCUT2D eigenvalue weighted by Crippen LogP contribution is -2.39. The number of nitrogens with zero attached hydrogens (tertiary/aromatic N) is 2. The molecule has 1 aromatic heterocycles. The molecule has 1 aliphatic carbocycles. The maximum absolute atomic E-state index is 13.8. The zero-order valence-electron chi connectivity index (χ0n) is 14.9. The smallest absolute Gasteiger partial charge is 0.211 e. The summed E-state index contributed by atoms with van der Waals surface area (Å²) >= 11 is 0. The van der Waals surface area contributed by atoms with Crippen molar-refractivity contribution in [2.75, 3.05) is 17.6 Å². The summed E-state index contributed by atoms with van der Waals surface area (Å²) in [6.45, 7) is 2.43. The third-order valence-corrected chi connectivity index (χ3v) is 6.29. The normalized spacial score (nSPS) is 20.8. The van der Waals surface area contributed by atoms with Crippen LogP contribution in [0.15, 0.2) is 36.5 Å². The average molecular weight is 380 g/mol. The maximum atomic E-state index is 13.8. The molecule has 2 N–H and O–H groups in total. The van der Waals surface area contributed by atoms with Gasteiger partial charge in [0.15, 0.2) is 0 Å². The zero-order chi connectivity index (χ0) is 18.6. The van der Waals surface area contributed by atoms with Gasteiger partial charge in [-0.2, -0.15) is 5.10 Å². The molecule has 0 spiro atoms. The Morgan fingerprint density at radius 1 is 1.19 bits per heavy atom. The van der Waals surface area contributed by atoms with E-state index in [0.717, 1.165) is 32.2 Å². The number of rotatable bonds is 7. The topological polar surface area (TPSA) is 76.0 Å². The molecular weight excluding hydrogens is 355 g/mol. The van der Waals surface area contributed by atoms with Crippen molar-refractivity contribution in [3.05, 3.63) is 42.3 Å². The summed E-state index contributed by atoms with van der Waals surface area (Å²) in [6.07, 6.45) is 5.39. The number of hydrogen-bond acceptors (Lipinski definition) is 4. The van der Waals surface area contributed by atoms with Crippen LogP contribution in [-0.4, -0.2) is 36.5 Å². The molecule has 0 unspecified atom stereocenters. The van der Waals surface area contributed by atoms with E-state index in [2.05, 4.69) is 15.1 Å². The Hall–Kier alpha value is -1.93. The number of anilines is 1. The molecule has 142 valence electrons. The second-order valence-corrected chi connectivity index (χ2v) is 8.76. The minimum atomic E-state index is -3.13. The first kappa shape index (κ1) is 18.8. The van der Waals surface area contributed by atoms with Crippen LogP contribution in [0.2, 0.25) is 0 Å². The van der Waals surface area contributed by atoms with Crippen molar-refractivity contribution in [1.29, 1.82) is 0 Å². The molecule has 2 aromatic rings. The first-order valence-electron chi connectivity index (χ1n) is 9.01. The monoisotopic (exact) mass is 380 g/mol. The number of nitrogens with one attached hydrogen (secondary N) is 2. The highest BCUT2D eigenvalue weighted by atomic mass is 32.2. The minimum absolute atomic E-state index is 0.0523. The van der Waals surface area contributed by atoms with E-state index in [9.17, 15) is 12.8 Å². The van der Waals surface area contributed by atoms with Gasteiger partial charge in [-0.15, -0.1) is 0 Å². The van der Waals surface area contributed by atoms with E-state index < -0.39 is 10.0 Å². The minimum Gasteiger partial charge on any atom is -0.368 e. The first-order valence-corrected chi connectivity index (χ1v) is 10.7. The van der Waals surface area contributed by atoms with Gasteiger partial charge in [0.25, 0.3) is 0 Å². The standard InChI is InChI=1S/C18H25FN4O2S/c1-2-26(24,25)22-15-9-7-14(8-10-15)13-20-18-11-12-23(21-18)17-6-4-3-5-16(17)19/h3-6,11-12,14-15,22H,2,7-10,13H2,1H3,(H,20,21). The molecule has 0 aliphatic heterocycles. The summed E-state index contributed by atoms with van der Waals surface area (Å²) in [6, 6.07) is 8.40. The fraction of sp³-hybridized carbons (Fsp3) is 0.500. The van der Waals surface area contributed by atoms with Crippen LogP contribution in [0.4, 0.5) is 10.2 Å². The van der Waals surface area contributed by atoms with Crippen LogP contribution in [0.25, 0.3) is 5.69 Å². The van der Waals surface area contributed by atoms with E-state index in [1.165, 1.54) is 10.7 Å². The highest BCUT2D eigenvalue weighted by Crippen LogP contribution is 2.25. The molecule has 0 radical (unpaired) electrons. The number of aromatic nitrogens is 2. The van der Waals surface area contributed by atoms with Crippen molar-refractivity contribution < 1.29 is 12.8 Å².